The Kier molecular flexibility index (Phi) is 5.92. The van der Waals surface area contributed by atoms with E-state index in [9.17, 15) is 4.79 Å². The van der Waals surface area contributed by atoms with Crippen LogP contribution in [0.2, 0.25) is 0 Å². The number of aryl methyl sites for hydroxylation is 1. The molecule has 0 aliphatic rings. The van der Waals surface area contributed by atoms with Crippen LogP contribution in [0.5, 0.6) is 0 Å². The van der Waals surface area contributed by atoms with Crippen LogP contribution < -0.4 is 10.6 Å². The Morgan fingerprint density at radius 1 is 1.43 bits per heavy atom. The summed E-state index contributed by atoms with van der Waals surface area (Å²) >= 11 is 0. The first-order chi connectivity index (χ1) is 6.22. The van der Waals surface area contributed by atoms with E-state index in [2.05, 4.69) is 10.6 Å². The van der Waals surface area contributed by atoms with E-state index in [1.165, 1.54) is 0 Å². The highest BCUT2D eigenvalue weighted by atomic mass is 35.5. The van der Waals surface area contributed by atoms with E-state index in [1.807, 2.05) is 31.2 Å². The first kappa shape index (κ1) is 12.9. The molecule has 0 saturated heterocycles. The van der Waals surface area contributed by atoms with Gasteiger partial charge in [-0.3, -0.25) is 4.79 Å². The Bertz CT molecular complexity index is 302. The third kappa shape index (κ3) is 4.25. The number of hydrogen-bond acceptors (Lipinski definition) is 2. The van der Waals surface area contributed by atoms with Crippen molar-refractivity contribution in [2.75, 3.05) is 18.9 Å². The maximum atomic E-state index is 11.2. The van der Waals surface area contributed by atoms with Crippen molar-refractivity contribution in [1.29, 1.82) is 0 Å². The van der Waals surface area contributed by atoms with E-state index in [1.54, 1.807) is 7.05 Å². The van der Waals surface area contributed by atoms with Gasteiger partial charge in [-0.1, -0.05) is 12.1 Å². The fourth-order valence-corrected chi connectivity index (χ4v) is 1.09. The highest BCUT2D eigenvalue weighted by molar-refractivity contribution is 5.92. The number of halogens is 1. The van der Waals surface area contributed by atoms with Gasteiger partial charge in [0.2, 0.25) is 5.91 Å². The third-order valence-electron chi connectivity index (χ3n) is 1.64. The van der Waals surface area contributed by atoms with E-state index < -0.39 is 0 Å². The zero-order valence-electron chi connectivity index (χ0n) is 8.33. The molecule has 0 fully saturated rings. The predicted molar refractivity (Wildman–Crippen MR) is 61.0 cm³/mol. The highest BCUT2D eigenvalue weighted by Crippen LogP contribution is 2.08. The summed E-state index contributed by atoms with van der Waals surface area (Å²) in [4.78, 5) is 11.2. The lowest BCUT2D eigenvalue weighted by atomic mass is 10.2. The van der Waals surface area contributed by atoms with Crippen LogP contribution >= 0.6 is 12.4 Å². The molecule has 0 aliphatic carbocycles. The van der Waals surface area contributed by atoms with Gasteiger partial charge in [0, 0.05) is 5.69 Å². The molecule has 78 valence electrons. The molecule has 1 rings (SSSR count). The van der Waals surface area contributed by atoms with E-state index in [-0.39, 0.29) is 18.3 Å². The molecule has 0 heterocycles. The molecule has 0 aliphatic heterocycles. The van der Waals surface area contributed by atoms with Crippen molar-refractivity contribution in [1.82, 2.24) is 5.32 Å². The topological polar surface area (TPSA) is 41.1 Å². The van der Waals surface area contributed by atoms with Crippen LogP contribution in [0.3, 0.4) is 0 Å². The van der Waals surface area contributed by atoms with Gasteiger partial charge >= 0.3 is 0 Å². The number of benzene rings is 1. The molecule has 3 nitrogen and oxygen atoms in total. The summed E-state index contributed by atoms with van der Waals surface area (Å²) in [5.74, 6) is -0.0203. The Hall–Kier alpha value is -1.06. The minimum absolute atomic E-state index is 0. The first-order valence-corrected chi connectivity index (χ1v) is 4.23. The molecule has 0 bridgehead atoms. The van der Waals surface area contributed by atoms with E-state index in [0.717, 1.165) is 11.3 Å². The van der Waals surface area contributed by atoms with Crippen molar-refractivity contribution in [3.05, 3.63) is 29.8 Å². The van der Waals surface area contributed by atoms with Crippen molar-refractivity contribution >= 4 is 24.0 Å². The predicted octanol–water partition coefficient (Wildman–Crippen LogP) is 1.57. The summed E-state index contributed by atoms with van der Waals surface area (Å²) in [6, 6.07) is 7.73. The average Bonchev–Trinajstić information content (AvgIpc) is 2.04. The van der Waals surface area contributed by atoms with Crippen LogP contribution in [0.1, 0.15) is 5.56 Å². The number of carbonyl (C=O) groups is 1. The van der Waals surface area contributed by atoms with E-state index in [4.69, 9.17) is 0 Å². The number of anilines is 1. The van der Waals surface area contributed by atoms with Crippen LogP contribution in [0.25, 0.3) is 0 Å². The molecule has 0 spiro atoms. The Morgan fingerprint density at radius 2 is 2.14 bits per heavy atom. The Labute approximate surface area is 90.3 Å². The van der Waals surface area contributed by atoms with Crippen LogP contribution in [-0.4, -0.2) is 19.5 Å². The van der Waals surface area contributed by atoms with E-state index >= 15 is 0 Å². The van der Waals surface area contributed by atoms with Crippen molar-refractivity contribution in [3.63, 3.8) is 0 Å². The molecule has 14 heavy (non-hydrogen) atoms. The minimum Gasteiger partial charge on any atom is -0.325 e. The zero-order valence-corrected chi connectivity index (χ0v) is 9.15. The lowest BCUT2D eigenvalue weighted by Crippen LogP contribution is -2.24. The van der Waals surface area contributed by atoms with Crippen LogP contribution in [0.4, 0.5) is 5.69 Å². The number of hydrogen-bond donors (Lipinski definition) is 2. The van der Waals surface area contributed by atoms with Crippen molar-refractivity contribution in [3.8, 4) is 0 Å². The molecule has 0 aromatic heterocycles. The molecule has 0 atom stereocenters. The Balaban J connectivity index is 0.00000169. The Morgan fingerprint density at radius 3 is 2.71 bits per heavy atom. The summed E-state index contributed by atoms with van der Waals surface area (Å²) in [7, 11) is 1.75. The highest BCUT2D eigenvalue weighted by Gasteiger charge is 1.99. The molecule has 0 saturated carbocycles. The molecule has 4 heteroatoms. The number of carbonyl (C=O) groups excluding carboxylic acids is 1. The third-order valence-corrected chi connectivity index (χ3v) is 1.64. The van der Waals surface area contributed by atoms with Gasteiger partial charge < -0.3 is 10.6 Å². The monoisotopic (exact) mass is 214 g/mol. The molecule has 0 unspecified atom stereocenters. The standard InChI is InChI=1S/C10H14N2O.ClH/c1-8-4-3-5-9(6-8)12-10(13)7-11-2;/h3-6,11H,7H2,1-2H3,(H,12,13);1H. The second-order valence-electron chi connectivity index (χ2n) is 2.95. The molecular formula is C10H15ClN2O. The lowest BCUT2D eigenvalue weighted by Gasteiger charge is -2.04. The lowest BCUT2D eigenvalue weighted by molar-refractivity contribution is -0.115. The maximum absolute atomic E-state index is 11.2. The SMILES string of the molecule is CNCC(=O)Nc1cccc(C)c1.Cl. The van der Waals surface area contributed by atoms with Crippen LogP contribution in [0, 0.1) is 6.92 Å². The second kappa shape index (κ2) is 6.40. The minimum atomic E-state index is -0.0203. The number of amides is 1. The fraction of sp³-hybridized carbons (Fsp3) is 0.300. The van der Waals surface area contributed by atoms with E-state index in [0.29, 0.717) is 6.54 Å². The maximum Gasteiger partial charge on any atom is 0.238 e. The number of likely N-dealkylation sites (N-methyl/N-ethyl adjacent to an activating group) is 1. The summed E-state index contributed by atoms with van der Waals surface area (Å²) in [6.07, 6.45) is 0. The molecular weight excluding hydrogens is 200 g/mol. The molecule has 1 aromatic rings. The quantitative estimate of drug-likeness (QED) is 0.802. The normalized spacial score (nSPS) is 9.00. The largest absolute Gasteiger partial charge is 0.325 e. The average molecular weight is 215 g/mol. The first-order valence-electron chi connectivity index (χ1n) is 4.23. The summed E-state index contributed by atoms with van der Waals surface area (Å²) in [5, 5.41) is 5.57. The van der Waals surface area contributed by atoms with Gasteiger partial charge in [0.1, 0.15) is 0 Å². The van der Waals surface area contributed by atoms with Gasteiger partial charge in [0.25, 0.3) is 0 Å². The zero-order chi connectivity index (χ0) is 9.68. The summed E-state index contributed by atoms with van der Waals surface area (Å²) < 4.78 is 0. The fourth-order valence-electron chi connectivity index (χ4n) is 1.09. The smallest absolute Gasteiger partial charge is 0.238 e. The van der Waals surface area contributed by atoms with Gasteiger partial charge in [0.05, 0.1) is 6.54 Å². The van der Waals surface area contributed by atoms with Gasteiger partial charge in [-0.2, -0.15) is 0 Å². The van der Waals surface area contributed by atoms with Gasteiger partial charge in [-0.15, -0.1) is 12.4 Å². The van der Waals surface area contributed by atoms with Gasteiger partial charge in [-0.25, -0.2) is 0 Å². The molecule has 0 radical (unpaired) electrons. The second-order valence-corrected chi connectivity index (χ2v) is 2.95. The molecule has 1 aromatic carbocycles. The summed E-state index contributed by atoms with van der Waals surface area (Å²) in [5.41, 5.74) is 1.99. The van der Waals surface area contributed by atoms with Crippen molar-refractivity contribution < 1.29 is 4.79 Å². The molecule has 1 amide bonds. The number of nitrogens with one attached hydrogen (secondary N) is 2. The number of rotatable bonds is 3. The van der Waals surface area contributed by atoms with Gasteiger partial charge in [0.15, 0.2) is 0 Å². The van der Waals surface area contributed by atoms with Gasteiger partial charge in [-0.05, 0) is 31.7 Å². The summed E-state index contributed by atoms with van der Waals surface area (Å²) in [6.45, 7) is 2.33. The molecule has 2 N–H and O–H groups in total. The van der Waals surface area contributed by atoms with Crippen molar-refractivity contribution in [2.24, 2.45) is 0 Å². The van der Waals surface area contributed by atoms with Crippen LogP contribution in [-0.2, 0) is 4.79 Å². The van der Waals surface area contributed by atoms with Crippen molar-refractivity contribution in [2.45, 2.75) is 6.92 Å². The van der Waals surface area contributed by atoms with Crippen LogP contribution in [0.15, 0.2) is 24.3 Å².